The number of para-hydroxylation sites is 2. The van der Waals surface area contributed by atoms with Crippen molar-refractivity contribution in [2.45, 2.75) is 4.34 Å². The molecule has 7 heteroatoms. The zero-order valence-corrected chi connectivity index (χ0v) is 14.3. The second kappa shape index (κ2) is 6.87. The van der Waals surface area contributed by atoms with Crippen molar-refractivity contribution in [1.29, 1.82) is 0 Å². The summed E-state index contributed by atoms with van der Waals surface area (Å²) in [7, 11) is 0. The summed E-state index contributed by atoms with van der Waals surface area (Å²) >= 11 is 15.0. The fourth-order valence-electron chi connectivity index (χ4n) is 1.83. The van der Waals surface area contributed by atoms with Crippen LogP contribution in [0.25, 0.3) is 10.2 Å². The molecule has 22 heavy (non-hydrogen) atoms. The number of thioether (sulfide) groups is 1. The quantitative estimate of drug-likeness (QED) is 0.632. The first-order valence-corrected chi connectivity index (χ1v) is 8.91. The molecule has 0 saturated heterocycles. The minimum Gasteiger partial charge on any atom is -0.323 e. The number of hydrogen-bond donors (Lipinski definition) is 1. The summed E-state index contributed by atoms with van der Waals surface area (Å²) in [5.74, 6) is 0.0840. The number of benzene rings is 2. The van der Waals surface area contributed by atoms with Gasteiger partial charge in [0.2, 0.25) is 5.91 Å². The number of halogens is 2. The Balaban J connectivity index is 1.65. The van der Waals surface area contributed by atoms with Crippen LogP contribution < -0.4 is 5.32 Å². The molecule has 1 aromatic heterocycles. The fourth-order valence-corrected chi connectivity index (χ4v) is 4.19. The van der Waals surface area contributed by atoms with Gasteiger partial charge >= 0.3 is 0 Å². The maximum Gasteiger partial charge on any atom is 0.234 e. The van der Waals surface area contributed by atoms with E-state index in [0.29, 0.717) is 15.7 Å². The molecule has 0 aliphatic heterocycles. The lowest BCUT2D eigenvalue weighted by Crippen LogP contribution is -2.14. The molecule has 3 rings (SSSR count). The number of nitrogens with one attached hydrogen (secondary N) is 1. The molecule has 0 bridgehead atoms. The molecule has 0 atom stereocenters. The summed E-state index contributed by atoms with van der Waals surface area (Å²) in [6.45, 7) is 0. The zero-order valence-electron chi connectivity index (χ0n) is 11.2. The lowest BCUT2D eigenvalue weighted by atomic mass is 10.3. The van der Waals surface area contributed by atoms with Crippen molar-refractivity contribution in [3.05, 3.63) is 52.5 Å². The van der Waals surface area contributed by atoms with E-state index in [1.807, 2.05) is 24.3 Å². The number of carbonyl (C=O) groups is 1. The number of amides is 1. The van der Waals surface area contributed by atoms with Crippen LogP contribution >= 0.6 is 46.3 Å². The van der Waals surface area contributed by atoms with Gasteiger partial charge in [0, 0.05) is 0 Å². The first-order chi connectivity index (χ1) is 10.6. The summed E-state index contributed by atoms with van der Waals surface area (Å²) in [6.07, 6.45) is 0. The van der Waals surface area contributed by atoms with Crippen molar-refractivity contribution in [2.24, 2.45) is 0 Å². The van der Waals surface area contributed by atoms with Crippen LogP contribution in [-0.4, -0.2) is 16.6 Å². The van der Waals surface area contributed by atoms with Crippen molar-refractivity contribution in [1.82, 2.24) is 4.98 Å². The van der Waals surface area contributed by atoms with Crippen molar-refractivity contribution in [2.75, 3.05) is 11.1 Å². The highest BCUT2D eigenvalue weighted by Crippen LogP contribution is 2.31. The number of thiazole rings is 1. The highest BCUT2D eigenvalue weighted by molar-refractivity contribution is 8.01. The Morgan fingerprint density at radius 3 is 2.59 bits per heavy atom. The number of hydrogen-bond acceptors (Lipinski definition) is 4. The van der Waals surface area contributed by atoms with Crippen LogP contribution in [0.15, 0.2) is 46.8 Å². The third-order valence-corrected chi connectivity index (χ3v) is 5.64. The van der Waals surface area contributed by atoms with Crippen LogP contribution in [0.4, 0.5) is 5.69 Å². The monoisotopic (exact) mass is 368 g/mol. The highest BCUT2D eigenvalue weighted by Gasteiger charge is 2.11. The number of carbonyl (C=O) groups excluding carboxylic acids is 1. The minimum atomic E-state index is -0.167. The predicted octanol–water partition coefficient (Wildman–Crippen LogP) is 5.33. The van der Waals surface area contributed by atoms with Crippen molar-refractivity contribution in [3.63, 3.8) is 0 Å². The van der Waals surface area contributed by atoms with Gasteiger partial charge in [0.05, 0.1) is 31.7 Å². The number of aromatic nitrogens is 1. The largest absolute Gasteiger partial charge is 0.323 e. The minimum absolute atomic E-state index is 0.167. The molecule has 0 spiro atoms. The van der Waals surface area contributed by atoms with E-state index in [0.717, 1.165) is 14.6 Å². The van der Waals surface area contributed by atoms with E-state index in [9.17, 15) is 4.79 Å². The van der Waals surface area contributed by atoms with E-state index in [1.165, 1.54) is 11.8 Å². The van der Waals surface area contributed by atoms with E-state index in [4.69, 9.17) is 23.2 Å². The van der Waals surface area contributed by atoms with Crippen LogP contribution in [0.1, 0.15) is 0 Å². The SMILES string of the molecule is O=C(CSc1nc2ccccc2s1)Nc1c(Cl)cccc1Cl. The van der Waals surface area contributed by atoms with Crippen LogP contribution in [0, 0.1) is 0 Å². The summed E-state index contributed by atoms with van der Waals surface area (Å²) < 4.78 is 1.97. The molecule has 0 saturated carbocycles. The molecular weight excluding hydrogens is 359 g/mol. The van der Waals surface area contributed by atoms with Gasteiger partial charge in [-0.05, 0) is 24.3 Å². The lowest BCUT2D eigenvalue weighted by molar-refractivity contribution is -0.113. The number of anilines is 1. The second-order valence-electron chi connectivity index (χ2n) is 4.38. The van der Waals surface area contributed by atoms with Gasteiger partial charge < -0.3 is 5.32 Å². The van der Waals surface area contributed by atoms with Crippen molar-refractivity contribution < 1.29 is 4.79 Å². The van der Waals surface area contributed by atoms with Gasteiger partial charge in [-0.25, -0.2) is 4.98 Å². The molecule has 2 aromatic carbocycles. The molecule has 0 unspecified atom stereocenters. The van der Waals surface area contributed by atoms with E-state index >= 15 is 0 Å². The molecular formula is C15H10Cl2N2OS2. The van der Waals surface area contributed by atoms with Gasteiger partial charge in [-0.2, -0.15) is 0 Å². The van der Waals surface area contributed by atoms with E-state index in [2.05, 4.69) is 10.3 Å². The molecule has 1 N–H and O–H groups in total. The zero-order chi connectivity index (χ0) is 15.5. The standard InChI is InChI=1S/C15H10Cl2N2OS2/c16-9-4-3-5-10(17)14(9)19-13(20)8-21-15-18-11-6-1-2-7-12(11)22-15/h1-7H,8H2,(H,19,20). The number of nitrogens with zero attached hydrogens (tertiary/aromatic N) is 1. The molecule has 1 amide bonds. The third kappa shape index (κ3) is 3.55. The molecule has 0 aliphatic rings. The third-order valence-electron chi connectivity index (χ3n) is 2.83. The van der Waals surface area contributed by atoms with Crippen LogP contribution in [0.3, 0.4) is 0 Å². The number of fused-ring (bicyclic) bond motifs is 1. The molecule has 112 valence electrons. The van der Waals surface area contributed by atoms with Crippen LogP contribution in [0.5, 0.6) is 0 Å². The molecule has 0 fully saturated rings. The van der Waals surface area contributed by atoms with Gasteiger partial charge in [0.15, 0.2) is 4.34 Å². The van der Waals surface area contributed by atoms with Gasteiger partial charge in [-0.1, -0.05) is 53.2 Å². The summed E-state index contributed by atoms with van der Waals surface area (Å²) in [4.78, 5) is 16.5. The Morgan fingerprint density at radius 1 is 1.14 bits per heavy atom. The van der Waals surface area contributed by atoms with Crippen LogP contribution in [-0.2, 0) is 4.79 Å². The topological polar surface area (TPSA) is 42.0 Å². The average Bonchev–Trinajstić information content (AvgIpc) is 2.92. The Bertz CT molecular complexity index is 782. The van der Waals surface area contributed by atoms with Gasteiger partial charge in [-0.3, -0.25) is 4.79 Å². The van der Waals surface area contributed by atoms with Crippen molar-refractivity contribution >= 4 is 68.1 Å². The van der Waals surface area contributed by atoms with E-state index in [-0.39, 0.29) is 11.7 Å². The average molecular weight is 369 g/mol. The molecule has 3 nitrogen and oxygen atoms in total. The maximum absolute atomic E-state index is 12.0. The maximum atomic E-state index is 12.0. The molecule has 1 heterocycles. The van der Waals surface area contributed by atoms with E-state index in [1.54, 1.807) is 29.5 Å². The van der Waals surface area contributed by atoms with Crippen LogP contribution in [0.2, 0.25) is 10.0 Å². The van der Waals surface area contributed by atoms with Gasteiger partial charge in [0.1, 0.15) is 0 Å². The lowest BCUT2D eigenvalue weighted by Gasteiger charge is -2.08. The summed E-state index contributed by atoms with van der Waals surface area (Å²) in [5.41, 5.74) is 1.39. The Labute approximate surface area is 145 Å². The normalized spacial score (nSPS) is 10.8. The molecule has 3 aromatic rings. The summed E-state index contributed by atoms with van der Waals surface area (Å²) in [6, 6.07) is 13.0. The molecule has 0 radical (unpaired) electrons. The second-order valence-corrected chi connectivity index (χ2v) is 7.45. The first-order valence-electron chi connectivity index (χ1n) is 6.36. The molecule has 0 aliphatic carbocycles. The van der Waals surface area contributed by atoms with Gasteiger partial charge in [0.25, 0.3) is 0 Å². The fraction of sp³-hybridized carbons (Fsp3) is 0.0667. The smallest absolute Gasteiger partial charge is 0.234 e. The first kappa shape index (κ1) is 15.6. The van der Waals surface area contributed by atoms with E-state index < -0.39 is 0 Å². The summed E-state index contributed by atoms with van der Waals surface area (Å²) in [5, 5.41) is 3.58. The highest BCUT2D eigenvalue weighted by atomic mass is 35.5. The van der Waals surface area contributed by atoms with Gasteiger partial charge in [-0.15, -0.1) is 11.3 Å². The Hall–Kier alpha value is -1.27. The number of rotatable bonds is 4. The Kier molecular flexibility index (Phi) is 4.88. The van der Waals surface area contributed by atoms with Crippen molar-refractivity contribution in [3.8, 4) is 0 Å². The Morgan fingerprint density at radius 2 is 1.86 bits per heavy atom. The predicted molar refractivity (Wildman–Crippen MR) is 95.4 cm³/mol.